The lowest BCUT2D eigenvalue weighted by atomic mass is 10.1. The molecule has 0 bridgehead atoms. The van der Waals surface area contributed by atoms with Crippen molar-refractivity contribution in [3.05, 3.63) is 36.0 Å². The van der Waals surface area contributed by atoms with Gasteiger partial charge in [-0.2, -0.15) is 10.5 Å². The molecule has 3 aliphatic heterocycles. The highest BCUT2D eigenvalue weighted by Crippen LogP contribution is 2.29. The number of alkyl halides is 2. The summed E-state index contributed by atoms with van der Waals surface area (Å²) >= 11 is 0. The number of H-pyrrole nitrogens is 1. The van der Waals surface area contributed by atoms with Crippen LogP contribution >= 0.6 is 0 Å². The van der Waals surface area contributed by atoms with Gasteiger partial charge in [0.05, 0.1) is 6.20 Å². The lowest BCUT2D eigenvalue weighted by molar-refractivity contribution is -0.0406. The highest BCUT2D eigenvalue weighted by Gasteiger charge is 2.34. The van der Waals surface area contributed by atoms with Gasteiger partial charge in [-0.15, -0.1) is 0 Å². The van der Waals surface area contributed by atoms with Gasteiger partial charge >= 0.3 is 0 Å². The predicted octanol–water partition coefficient (Wildman–Crippen LogP) is 1.16. The molecule has 4 heterocycles. The van der Waals surface area contributed by atoms with Crippen LogP contribution in [0.15, 0.2) is 35.4 Å². The summed E-state index contributed by atoms with van der Waals surface area (Å²) in [5.41, 5.74) is 4.63. The maximum atomic E-state index is 13.4. The zero-order chi connectivity index (χ0) is 18.9. The van der Waals surface area contributed by atoms with Crippen LogP contribution in [0.1, 0.15) is 25.3 Å². The highest BCUT2D eigenvalue weighted by atomic mass is 19.3. The van der Waals surface area contributed by atoms with E-state index in [4.69, 9.17) is 4.74 Å². The first kappa shape index (κ1) is 18.1. The van der Waals surface area contributed by atoms with E-state index in [1.807, 2.05) is 6.20 Å². The van der Waals surface area contributed by atoms with Gasteiger partial charge in [-0.05, 0) is 32.0 Å². The first-order valence-electron chi connectivity index (χ1n) is 9.02. The van der Waals surface area contributed by atoms with Crippen LogP contribution in [0.3, 0.4) is 0 Å². The van der Waals surface area contributed by atoms with Gasteiger partial charge in [-0.3, -0.25) is 15.4 Å². The van der Waals surface area contributed by atoms with Crippen LogP contribution in [0, 0.1) is 0 Å². The predicted molar refractivity (Wildman–Crippen MR) is 96.4 cm³/mol. The van der Waals surface area contributed by atoms with Crippen LogP contribution in [0.5, 0.6) is 0 Å². The average molecular weight is 379 g/mol. The Hall–Kier alpha value is -2.30. The molecular formula is C17H23F2N7O. The molecule has 0 aliphatic carbocycles. The smallest absolute Gasteiger partial charge is 0.278 e. The van der Waals surface area contributed by atoms with Gasteiger partial charge in [0, 0.05) is 36.5 Å². The van der Waals surface area contributed by atoms with E-state index in [0.29, 0.717) is 23.2 Å². The molecule has 4 N–H and O–H groups in total. The number of allylic oxidation sites excluding steroid dienone is 2. The number of hydrogen-bond donors (Lipinski definition) is 4. The normalized spacial score (nSPS) is 23.6. The third-order valence-electron chi connectivity index (χ3n) is 4.59. The molecule has 146 valence electrons. The van der Waals surface area contributed by atoms with Crippen molar-refractivity contribution in [1.82, 2.24) is 31.3 Å². The van der Waals surface area contributed by atoms with Crippen molar-refractivity contribution in [3.63, 3.8) is 0 Å². The summed E-state index contributed by atoms with van der Waals surface area (Å²) in [5.74, 6) is -2.16. The molecule has 1 saturated heterocycles. The number of rotatable bonds is 6. The van der Waals surface area contributed by atoms with Gasteiger partial charge in [0.15, 0.2) is 24.5 Å². The number of nitrogens with one attached hydrogen (secondary N) is 4. The van der Waals surface area contributed by atoms with Gasteiger partial charge in [-0.1, -0.05) is 0 Å². The summed E-state index contributed by atoms with van der Waals surface area (Å²) in [7, 11) is 0. The van der Waals surface area contributed by atoms with Gasteiger partial charge in [0.2, 0.25) is 0 Å². The molecule has 0 spiro atoms. The van der Waals surface area contributed by atoms with E-state index in [1.165, 1.54) is 0 Å². The maximum Gasteiger partial charge on any atom is 0.278 e. The number of fused-ring (bicyclic) bond motifs is 1. The second-order valence-corrected chi connectivity index (χ2v) is 6.95. The second kappa shape index (κ2) is 7.37. The van der Waals surface area contributed by atoms with Crippen molar-refractivity contribution < 1.29 is 13.5 Å². The quantitative estimate of drug-likeness (QED) is 0.593. The standard InChI is InChI=1S/C17H23F2N7O/c1-17(18,19)10-27-14-13(11-8-21-22-9-11)4-7-26-15(14)24-16(25-26)23-12-2-5-20-6-3-12/h4,7-9,12,16,20,23,25H,2-3,5-6,10H2,1H3,(H,21,22). The van der Waals surface area contributed by atoms with E-state index in [0.717, 1.165) is 38.4 Å². The zero-order valence-electron chi connectivity index (χ0n) is 15.0. The Morgan fingerprint density at radius 2 is 2.19 bits per heavy atom. The molecule has 1 fully saturated rings. The Bertz CT molecular complexity index is 748. The first-order valence-corrected chi connectivity index (χ1v) is 9.02. The number of aliphatic imine (C=N–C) groups is 1. The molecule has 3 aliphatic rings. The van der Waals surface area contributed by atoms with Crippen LogP contribution in [-0.2, 0) is 4.74 Å². The Morgan fingerprint density at radius 3 is 2.89 bits per heavy atom. The monoisotopic (exact) mass is 379 g/mol. The van der Waals surface area contributed by atoms with Crippen LogP contribution in [0.25, 0.3) is 5.57 Å². The summed E-state index contributed by atoms with van der Waals surface area (Å²) in [6, 6.07) is 0.347. The highest BCUT2D eigenvalue weighted by molar-refractivity contribution is 6.07. The molecule has 1 atom stereocenters. The number of aromatic amines is 1. The third-order valence-corrected chi connectivity index (χ3v) is 4.59. The van der Waals surface area contributed by atoms with Gasteiger partial charge in [-0.25, -0.2) is 13.8 Å². The number of halogens is 2. The minimum absolute atomic E-state index is 0.308. The van der Waals surface area contributed by atoms with E-state index >= 15 is 0 Å². The number of aromatic nitrogens is 2. The van der Waals surface area contributed by atoms with Gasteiger partial charge < -0.3 is 10.1 Å². The third kappa shape index (κ3) is 4.18. The van der Waals surface area contributed by atoms with Gasteiger partial charge in [0.1, 0.15) is 0 Å². The number of amidine groups is 1. The molecule has 1 aromatic rings. The minimum Gasteiger partial charge on any atom is -0.483 e. The van der Waals surface area contributed by atoms with E-state index in [2.05, 4.69) is 31.2 Å². The molecule has 0 radical (unpaired) electrons. The Balaban J connectivity index is 1.58. The van der Waals surface area contributed by atoms with E-state index in [1.54, 1.807) is 23.5 Å². The summed E-state index contributed by atoms with van der Waals surface area (Å²) in [6.07, 6.45) is 8.61. The summed E-state index contributed by atoms with van der Waals surface area (Å²) in [4.78, 5) is 4.64. The van der Waals surface area contributed by atoms with Crippen LogP contribution in [0.4, 0.5) is 8.78 Å². The fourth-order valence-corrected chi connectivity index (χ4v) is 3.29. The topological polar surface area (TPSA) is 89.6 Å². The molecule has 1 aromatic heterocycles. The zero-order valence-corrected chi connectivity index (χ0v) is 15.0. The molecular weight excluding hydrogens is 356 g/mol. The van der Waals surface area contributed by atoms with E-state index in [9.17, 15) is 8.78 Å². The number of ether oxygens (including phenoxy) is 1. The Morgan fingerprint density at radius 1 is 1.37 bits per heavy atom. The molecule has 0 saturated carbocycles. The molecule has 27 heavy (non-hydrogen) atoms. The number of hydrazine groups is 1. The second-order valence-electron chi connectivity index (χ2n) is 6.95. The maximum absolute atomic E-state index is 13.4. The lowest BCUT2D eigenvalue weighted by Gasteiger charge is -2.27. The number of piperidine rings is 1. The largest absolute Gasteiger partial charge is 0.483 e. The first-order chi connectivity index (χ1) is 13.0. The lowest BCUT2D eigenvalue weighted by Crippen LogP contribution is -2.50. The molecule has 8 nitrogen and oxygen atoms in total. The van der Waals surface area contributed by atoms with Crippen LogP contribution in [-0.4, -0.2) is 59.0 Å². The van der Waals surface area contributed by atoms with Crippen LogP contribution in [0.2, 0.25) is 0 Å². The molecule has 4 rings (SSSR count). The number of nitrogens with zero attached hydrogens (tertiary/aromatic N) is 3. The molecule has 1 unspecified atom stereocenters. The summed E-state index contributed by atoms with van der Waals surface area (Å²) in [5, 5.41) is 15.1. The Labute approximate surface area is 155 Å². The van der Waals surface area contributed by atoms with Crippen LogP contribution < -0.4 is 16.1 Å². The SMILES string of the molecule is CC(F)(F)COC1=C(c2cn[nH]c2)C=CN2NC(NC3CCNCC3)N=C12. The van der Waals surface area contributed by atoms with Crippen molar-refractivity contribution >= 4 is 11.4 Å². The van der Waals surface area contributed by atoms with E-state index < -0.39 is 12.5 Å². The van der Waals surface area contributed by atoms with Crippen molar-refractivity contribution in [2.24, 2.45) is 4.99 Å². The fourth-order valence-electron chi connectivity index (χ4n) is 3.29. The number of hydrogen-bond acceptors (Lipinski definition) is 7. The van der Waals surface area contributed by atoms with Crippen molar-refractivity contribution in [1.29, 1.82) is 0 Å². The fraction of sp³-hybridized carbons (Fsp3) is 0.529. The van der Waals surface area contributed by atoms with Gasteiger partial charge in [0.25, 0.3) is 5.92 Å². The van der Waals surface area contributed by atoms with Crippen molar-refractivity contribution in [2.45, 2.75) is 38.0 Å². The van der Waals surface area contributed by atoms with Crippen molar-refractivity contribution in [3.8, 4) is 0 Å². The molecule has 0 aromatic carbocycles. The average Bonchev–Trinajstić information content (AvgIpc) is 3.29. The molecule has 10 heteroatoms. The Kier molecular flexibility index (Phi) is 4.94. The summed E-state index contributed by atoms with van der Waals surface area (Å²) in [6.45, 7) is 2.04. The summed E-state index contributed by atoms with van der Waals surface area (Å²) < 4.78 is 32.3. The molecule has 0 amide bonds. The van der Waals surface area contributed by atoms with E-state index in [-0.39, 0.29) is 6.29 Å². The minimum atomic E-state index is -2.94. The van der Waals surface area contributed by atoms with Crippen molar-refractivity contribution in [2.75, 3.05) is 19.7 Å².